The summed E-state index contributed by atoms with van der Waals surface area (Å²) in [4.78, 5) is 42.8. The highest BCUT2D eigenvalue weighted by atomic mass is 32.2. The Bertz CT molecular complexity index is 1070. The number of piperidine rings is 1. The maximum Gasteiger partial charge on any atom is 0.573 e. The molecule has 1 saturated heterocycles. The molecule has 2 aromatic carbocycles. The van der Waals surface area contributed by atoms with Gasteiger partial charge in [-0.25, -0.2) is 0 Å². The second kappa shape index (κ2) is 9.96. The highest BCUT2D eigenvalue weighted by Crippen LogP contribution is 2.40. The van der Waals surface area contributed by atoms with E-state index in [9.17, 15) is 27.6 Å². The molecule has 11 heteroatoms. The monoisotopic (exact) mass is 493 g/mol. The molecule has 2 aliphatic heterocycles. The van der Waals surface area contributed by atoms with Crippen LogP contribution in [0.5, 0.6) is 5.75 Å². The zero-order valence-electron chi connectivity index (χ0n) is 18.0. The number of alkyl halides is 3. The van der Waals surface area contributed by atoms with Crippen LogP contribution in [0, 0.1) is 0 Å². The number of rotatable bonds is 5. The van der Waals surface area contributed by atoms with Gasteiger partial charge in [-0.2, -0.15) is 0 Å². The fourth-order valence-corrected chi connectivity index (χ4v) is 5.09. The highest BCUT2D eigenvalue weighted by Gasteiger charge is 2.41. The normalized spacial score (nSPS) is 18.3. The fraction of sp³-hybridized carbons (Fsp3) is 0.348. The maximum absolute atomic E-state index is 13.3. The van der Waals surface area contributed by atoms with Crippen molar-refractivity contribution in [1.29, 1.82) is 0 Å². The molecule has 2 heterocycles. The lowest BCUT2D eigenvalue weighted by Gasteiger charge is -2.36. The summed E-state index contributed by atoms with van der Waals surface area (Å²) in [5.74, 6) is -1.69. The lowest BCUT2D eigenvalue weighted by atomic mass is 10.1. The number of carbonyl (C=O) groups is 3. The first-order valence-corrected chi connectivity index (χ1v) is 11.6. The zero-order chi connectivity index (χ0) is 24.3. The van der Waals surface area contributed by atoms with Gasteiger partial charge in [-0.05, 0) is 55.7 Å². The van der Waals surface area contributed by atoms with Gasteiger partial charge in [-0.15, -0.1) is 24.9 Å². The van der Waals surface area contributed by atoms with Crippen molar-refractivity contribution in [2.75, 3.05) is 29.9 Å². The number of carbonyl (C=O) groups excluding carboxylic acids is 3. The van der Waals surface area contributed by atoms with E-state index in [0.717, 1.165) is 36.3 Å². The number of amides is 3. The molecule has 1 fully saturated rings. The summed E-state index contributed by atoms with van der Waals surface area (Å²) >= 11 is 1.19. The third kappa shape index (κ3) is 5.64. The molecule has 2 aromatic rings. The van der Waals surface area contributed by atoms with E-state index in [1.165, 1.54) is 28.8 Å². The van der Waals surface area contributed by atoms with E-state index in [4.69, 9.17) is 0 Å². The van der Waals surface area contributed by atoms with Gasteiger partial charge in [0.2, 0.25) is 11.8 Å². The lowest BCUT2D eigenvalue weighted by molar-refractivity contribution is -0.274. The van der Waals surface area contributed by atoms with Gasteiger partial charge in [0.25, 0.3) is 5.91 Å². The quantitative estimate of drug-likeness (QED) is 0.636. The molecule has 34 heavy (non-hydrogen) atoms. The number of para-hydroxylation sites is 1. The van der Waals surface area contributed by atoms with Gasteiger partial charge in [-0.1, -0.05) is 12.1 Å². The standard InChI is InChI=1S/C23H22F3N3O4S/c24-23(25,26)33-16-10-8-15(9-11-16)27-19(30)14-29-17-6-2-3-7-18(17)34-20(22(29)32)21(31)28-12-4-1-5-13-28/h2-3,6-11,20H,1,4-5,12-14H2,(H,27,30)/t20-/m0/s1. The van der Waals surface area contributed by atoms with Crippen molar-refractivity contribution in [1.82, 2.24) is 4.90 Å². The summed E-state index contributed by atoms with van der Waals surface area (Å²) in [5.41, 5.74) is 0.775. The van der Waals surface area contributed by atoms with Crippen LogP contribution in [-0.4, -0.2) is 53.9 Å². The second-order valence-electron chi connectivity index (χ2n) is 7.90. The van der Waals surface area contributed by atoms with E-state index in [0.29, 0.717) is 18.8 Å². The van der Waals surface area contributed by atoms with Crippen molar-refractivity contribution in [2.45, 2.75) is 35.8 Å². The van der Waals surface area contributed by atoms with Crippen LogP contribution in [0.15, 0.2) is 53.4 Å². The number of hydrogen-bond acceptors (Lipinski definition) is 5. The third-order valence-electron chi connectivity index (χ3n) is 5.46. The van der Waals surface area contributed by atoms with Crippen molar-refractivity contribution < 1.29 is 32.3 Å². The average molecular weight is 494 g/mol. The molecule has 0 bridgehead atoms. The molecule has 0 aliphatic carbocycles. The number of nitrogens with one attached hydrogen (secondary N) is 1. The minimum Gasteiger partial charge on any atom is -0.406 e. The molecule has 1 N–H and O–H groups in total. The summed E-state index contributed by atoms with van der Waals surface area (Å²) in [5, 5.41) is 1.59. The first-order chi connectivity index (χ1) is 16.2. The molecule has 0 saturated carbocycles. The predicted octanol–water partition coefficient (Wildman–Crippen LogP) is 4.04. The van der Waals surface area contributed by atoms with Crippen molar-refractivity contribution in [2.24, 2.45) is 0 Å². The van der Waals surface area contributed by atoms with Gasteiger partial charge in [0.15, 0.2) is 5.25 Å². The van der Waals surface area contributed by atoms with Crippen LogP contribution in [-0.2, 0) is 14.4 Å². The Labute approximate surface area is 198 Å². The van der Waals surface area contributed by atoms with Gasteiger partial charge < -0.3 is 19.9 Å². The van der Waals surface area contributed by atoms with Crippen LogP contribution < -0.4 is 15.0 Å². The van der Waals surface area contributed by atoms with Gasteiger partial charge in [0, 0.05) is 23.7 Å². The predicted molar refractivity (Wildman–Crippen MR) is 121 cm³/mol. The molecular formula is C23H22F3N3O4S. The van der Waals surface area contributed by atoms with Crippen LogP contribution in [0.2, 0.25) is 0 Å². The van der Waals surface area contributed by atoms with Crippen molar-refractivity contribution in [3.05, 3.63) is 48.5 Å². The zero-order valence-corrected chi connectivity index (χ0v) is 18.8. The summed E-state index contributed by atoms with van der Waals surface area (Å²) in [6.45, 7) is 0.875. The molecule has 0 aromatic heterocycles. The SMILES string of the molecule is O=C(CN1C(=O)[C@H](C(=O)N2CCCCC2)Sc2ccccc21)Nc1ccc(OC(F)(F)F)cc1. The number of halogens is 3. The van der Waals surface area contributed by atoms with Gasteiger partial charge >= 0.3 is 6.36 Å². The molecular weight excluding hydrogens is 471 g/mol. The first kappa shape index (κ1) is 23.9. The van der Waals surface area contributed by atoms with Crippen LogP contribution in [0.1, 0.15) is 19.3 Å². The number of hydrogen-bond donors (Lipinski definition) is 1. The Morgan fingerprint density at radius 1 is 1.03 bits per heavy atom. The average Bonchev–Trinajstić information content (AvgIpc) is 2.81. The third-order valence-corrected chi connectivity index (χ3v) is 6.69. The number of nitrogens with zero attached hydrogens (tertiary/aromatic N) is 2. The largest absolute Gasteiger partial charge is 0.573 e. The molecule has 0 spiro atoms. The van der Waals surface area contributed by atoms with E-state index in [-0.39, 0.29) is 18.1 Å². The highest BCUT2D eigenvalue weighted by molar-refractivity contribution is 8.01. The topological polar surface area (TPSA) is 79.0 Å². The molecule has 0 unspecified atom stereocenters. The van der Waals surface area contributed by atoms with Crippen molar-refractivity contribution in [3.63, 3.8) is 0 Å². The van der Waals surface area contributed by atoms with Gasteiger partial charge in [0.1, 0.15) is 12.3 Å². The van der Waals surface area contributed by atoms with Gasteiger partial charge in [-0.3, -0.25) is 14.4 Å². The number of ether oxygens (including phenoxy) is 1. The minimum absolute atomic E-state index is 0.243. The van der Waals surface area contributed by atoms with Gasteiger partial charge in [0.05, 0.1) is 5.69 Å². The number of benzene rings is 2. The number of thioether (sulfide) groups is 1. The lowest BCUT2D eigenvalue weighted by Crippen LogP contribution is -2.52. The Kier molecular flexibility index (Phi) is 7.01. The van der Waals surface area contributed by atoms with Crippen LogP contribution in [0.4, 0.5) is 24.5 Å². The minimum atomic E-state index is -4.81. The summed E-state index contributed by atoms with van der Waals surface area (Å²) in [6, 6.07) is 11.7. The van der Waals surface area contributed by atoms with E-state index < -0.39 is 29.2 Å². The Balaban J connectivity index is 1.47. The Morgan fingerprint density at radius 3 is 2.38 bits per heavy atom. The molecule has 3 amide bonds. The van der Waals surface area contributed by atoms with E-state index in [1.54, 1.807) is 29.2 Å². The molecule has 180 valence electrons. The molecule has 7 nitrogen and oxygen atoms in total. The first-order valence-electron chi connectivity index (χ1n) is 10.7. The molecule has 4 rings (SSSR count). The van der Waals surface area contributed by atoms with E-state index >= 15 is 0 Å². The van der Waals surface area contributed by atoms with Crippen LogP contribution >= 0.6 is 11.8 Å². The second-order valence-corrected chi connectivity index (χ2v) is 9.04. The number of likely N-dealkylation sites (tertiary alicyclic amines) is 1. The molecule has 2 aliphatic rings. The van der Waals surface area contributed by atoms with Crippen molar-refractivity contribution in [3.8, 4) is 5.75 Å². The fourth-order valence-electron chi connectivity index (χ4n) is 3.90. The molecule has 1 atom stereocenters. The van der Waals surface area contributed by atoms with Crippen molar-refractivity contribution >= 4 is 40.9 Å². The molecule has 0 radical (unpaired) electrons. The maximum atomic E-state index is 13.3. The van der Waals surface area contributed by atoms with Crippen LogP contribution in [0.25, 0.3) is 0 Å². The summed E-state index contributed by atoms with van der Waals surface area (Å²) in [6.07, 6.45) is -1.97. The number of fused-ring (bicyclic) bond motifs is 1. The summed E-state index contributed by atoms with van der Waals surface area (Å²) < 4.78 is 40.8. The smallest absolute Gasteiger partial charge is 0.406 e. The number of anilines is 2. The Morgan fingerprint density at radius 2 is 1.71 bits per heavy atom. The van der Waals surface area contributed by atoms with Crippen LogP contribution in [0.3, 0.4) is 0 Å². The van der Waals surface area contributed by atoms with E-state index in [1.807, 2.05) is 0 Å². The Hall–Kier alpha value is -3.21. The summed E-state index contributed by atoms with van der Waals surface area (Å²) in [7, 11) is 0. The van der Waals surface area contributed by atoms with E-state index in [2.05, 4.69) is 10.1 Å².